The van der Waals surface area contributed by atoms with Crippen molar-refractivity contribution in [1.82, 2.24) is 19.2 Å². The van der Waals surface area contributed by atoms with E-state index in [1.165, 1.54) is 17.3 Å². The van der Waals surface area contributed by atoms with Gasteiger partial charge in [-0.25, -0.2) is 4.98 Å². The lowest BCUT2D eigenvalue weighted by Gasteiger charge is -2.36. The van der Waals surface area contributed by atoms with Crippen molar-refractivity contribution >= 4 is 51.7 Å². The zero-order valence-corrected chi connectivity index (χ0v) is 22.8. The van der Waals surface area contributed by atoms with Gasteiger partial charge < -0.3 is 14.4 Å². The van der Waals surface area contributed by atoms with E-state index in [1.807, 2.05) is 38.1 Å². The van der Waals surface area contributed by atoms with Crippen LogP contribution in [-0.4, -0.2) is 68.9 Å². The average molecular weight is 550 g/mol. The molecule has 0 unspecified atom stereocenters. The highest BCUT2D eigenvalue weighted by Gasteiger charge is 2.32. The van der Waals surface area contributed by atoms with Crippen LogP contribution in [0.15, 0.2) is 46.2 Å². The lowest BCUT2D eigenvalue weighted by atomic mass is 10.1. The van der Waals surface area contributed by atoms with E-state index in [2.05, 4.69) is 15.9 Å². The molecule has 6 rings (SSSR count). The first-order valence-electron chi connectivity index (χ1n) is 12.6. The van der Waals surface area contributed by atoms with Crippen LogP contribution >= 0.6 is 24.0 Å². The van der Waals surface area contributed by atoms with Gasteiger partial charge in [-0.2, -0.15) is 0 Å². The molecule has 9 nitrogen and oxygen atoms in total. The molecule has 3 aromatic rings. The van der Waals surface area contributed by atoms with Crippen molar-refractivity contribution < 1.29 is 14.3 Å². The number of thiocarbonyl (C=S) groups is 1. The number of benzene rings is 1. The van der Waals surface area contributed by atoms with Gasteiger partial charge in [-0.3, -0.25) is 23.8 Å². The second-order valence-electron chi connectivity index (χ2n) is 9.42. The molecular weight excluding hydrogens is 522 g/mol. The van der Waals surface area contributed by atoms with E-state index in [4.69, 9.17) is 26.7 Å². The first-order chi connectivity index (χ1) is 18.4. The number of anilines is 1. The van der Waals surface area contributed by atoms with E-state index in [0.717, 1.165) is 36.7 Å². The highest BCUT2D eigenvalue weighted by Crippen LogP contribution is 2.34. The van der Waals surface area contributed by atoms with Crippen molar-refractivity contribution in [3.63, 3.8) is 0 Å². The van der Waals surface area contributed by atoms with Crippen LogP contribution in [0.3, 0.4) is 0 Å². The zero-order chi connectivity index (χ0) is 26.4. The number of carbonyl (C=O) groups is 1. The van der Waals surface area contributed by atoms with E-state index in [0.29, 0.717) is 45.9 Å². The second-order valence-corrected chi connectivity index (χ2v) is 11.1. The average Bonchev–Trinajstić information content (AvgIpc) is 3.49. The van der Waals surface area contributed by atoms with Crippen molar-refractivity contribution in [1.29, 1.82) is 0 Å². The van der Waals surface area contributed by atoms with Crippen molar-refractivity contribution in [2.24, 2.45) is 0 Å². The molecular formula is C27H27N5O4S2. The Hall–Kier alpha value is -3.41. The summed E-state index contributed by atoms with van der Waals surface area (Å²) in [4.78, 5) is 38.1. The van der Waals surface area contributed by atoms with Crippen LogP contribution in [0.4, 0.5) is 5.82 Å². The molecule has 0 spiro atoms. The number of ether oxygens (including phenoxy) is 2. The largest absolute Gasteiger partial charge is 0.454 e. The Balaban J connectivity index is 1.30. The molecule has 1 amide bonds. The van der Waals surface area contributed by atoms with Crippen molar-refractivity contribution in [3.05, 3.63) is 68.5 Å². The number of piperazine rings is 1. The summed E-state index contributed by atoms with van der Waals surface area (Å²) in [5, 5.41) is 0. The molecule has 2 saturated heterocycles. The molecule has 1 aromatic carbocycles. The highest BCUT2D eigenvalue weighted by atomic mass is 32.2. The number of likely N-dealkylation sites (N-methyl/N-ethyl adjacent to an activating group) is 1. The molecule has 2 aromatic heterocycles. The normalized spacial score (nSPS) is 18.8. The van der Waals surface area contributed by atoms with Gasteiger partial charge in [0.2, 0.25) is 6.79 Å². The molecule has 3 aliphatic heterocycles. The Morgan fingerprint density at radius 1 is 1.11 bits per heavy atom. The number of aromatic nitrogens is 2. The number of aryl methyl sites for hydroxylation is 1. The van der Waals surface area contributed by atoms with Gasteiger partial charge >= 0.3 is 0 Å². The van der Waals surface area contributed by atoms with Gasteiger partial charge in [-0.05, 0) is 49.2 Å². The number of nitrogens with zero attached hydrogens (tertiary/aromatic N) is 5. The van der Waals surface area contributed by atoms with Gasteiger partial charge in [0.25, 0.3) is 11.5 Å². The minimum Gasteiger partial charge on any atom is -0.454 e. The fourth-order valence-corrected chi connectivity index (χ4v) is 6.35. The van der Waals surface area contributed by atoms with E-state index >= 15 is 0 Å². The van der Waals surface area contributed by atoms with E-state index in [-0.39, 0.29) is 18.3 Å². The molecule has 11 heteroatoms. The van der Waals surface area contributed by atoms with Crippen molar-refractivity contribution in [3.8, 4) is 11.5 Å². The van der Waals surface area contributed by atoms with Crippen LogP contribution in [0.5, 0.6) is 11.5 Å². The SMILES string of the molecule is CCN1C(=O)/C(=C/c2c(N3CCN(Cc4ccc5c(c4)OCO5)CC3)nc3c(C)cccn3c2=O)SC1=S. The van der Waals surface area contributed by atoms with Crippen LogP contribution in [0.2, 0.25) is 0 Å². The topological polar surface area (TPSA) is 79.6 Å². The number of amides is 1. The van der Waals surface area contributed by atoms with Crippen LogP contribution < -0.4 is 19.9 Å². The Morgan fingerprint density at radius 2 is 1.89 bits per heavy atom. The summed E-state index contributed by atoms with van der Waals surface area (Å²) >= 11 is 6.62. The predicted molar refractivity (Wildman–Crippen MR) is 152 cm³/mol. The second kappa shape index (κ2) is 10.0. The fourth-order valence-electron chi connectivity index (χ4n) is 4.99. The zero-order valence-electron chi connectivity index (χ0n) is 21.2. The van der Waals surface area contributed by atoms with Gasteiger partial charge in [-0.1, -0.05) is 36.1 Å². The third-order valence-electron chi connectivity index (χ3n) is 7.04. The van der Waals surface area contributed by atoms with Crippen molar-refractivity contribution in [2.45, 2.75) is 20.4 Å². The minimum atomic E-state index is -0.196. The van der Waals surface area contributed by atoms with Gasteiger partial charge in [-0.15, -0.1) is 0 Å². The number of rotatable bonds is 5. The Kier molecular flexibility index (Phi) is 6.58. The summed E-state index contributed by atoms with van der Waals surface area (Å²) < 4.78 is 13.0. The van der Waals surface area contributed by atoms with Crippen molar-refractivity contribution in [2.75, 3.05) is 44.4 Å². The molecule has 0 bridgehead atoms. The predicted octanol–water partition coefficient (Wildman–Crippen LogP) is 3.27. The maximum Gasteiger partial charge on any atom is 0.267 e. The van der Waals surface area contributed by atoms with Gasteiger partial charge in [0.05, 0.1) is 10.5 Å². The minimum absolute atomic E-state index is 0.171. The smallest absolute Gasteiger partial charge is 0.267 e. The van der Waals surface area contributed by atoms with Crippen LogP contribution in [0, 0.1) is 6.92 Å². The molecule has 0 radical (unpaired) electrons. The molecule has 0 aliphatic carbocycles. The summed E-state index contributed by atoms with van der Waals surface area (Å²) in [6.45, 7) is 8.41. The molecule has 196 valence electrons. The van der Waals surface area contributed by atoms with Crippen LogP contribution in [0.1, 0.15) is 23.6 Å². The molecule has 5 heterocycles. The maximum absolute atomic E-state index is 13.7. The summed E-state index contributed by atoms with van der Waals surface area (Å²) in [6, 6.07) is 9.84. The van der Waals surface area contributed by atoms with Crippen LogP contribution in [-0.2, 0) is 11.3 Å². The number of thioether (sulfide) groups is 1. The van der Waals surface area contributed by atoms with E-state index in [1.54, 1.807) is 21.6 Å². The number of pyridine rings is 1. The highest BCUT2D eigenvalue weighted by molar-refractivity contribution is 8.26. The Bertz CT molecular complexity index is 1540. The molecule has 38 heavy (non-hydrogen) atoms. The van der Waals surface area contributed by atoms with Gasteiger partial charge in [0, 0.05) is 45.5 Å². The quantitative estimate of drug-likeness (QED) is 0.352. The fraction of sp³-hybridized carbons (Fsp3) is 0.333. The summed E-state index contributed by atoms with van der Waals surface area (Å²) in [6.07, 6.45) is 3.40. The van der Waals surface area contributed by atoms with E-state index < -0.39 is 0 Å². The first-order valence-corrected chi connectivity index (χ1v) is 13.8. The first kappa shape index (κ1) is 24.9. The monoisotopic (exact) mass is 549 g/mol. The molecule has 3 aliphatic rings. The number of hydrogen-bond donors (Lipinski definition) is 0. The molecule has 0 N–H and O–H groups in total. The summed E-state index contributed by atoms with van der Waals surface area (Å²) in [7, 11) is 0. The standard InChI is InChI=1S/C27H27N5O4S2/c1-3-31-26(34)22(38-27(31)37)14-19-24(28-23-17(2)5-4-8-32(23)25(19)33)30-11-9-29(10-12-30)15-18-6-7-20-21(13-18)36-16-35-20/h4-8,13-14H,3,9-12,15-16H2,1-2H3/b22-14-. The summed E-state index contributed by atoms with van der Waals surface area (Å²) in [5.41, 5.74) is 2.91. The summed E-state index contributed by atoms with van der Waals surface area (Å²) in [5.74, 6) is 2.01. The lowest BCUT2D eigenvalue weighted by Crippen LogP contribution is -2.47. The lowest BCUT2D eigenvalue weighted by molar-refractivity contribution is -0.121. The molecule has 0 saturated carbocycles. The number of hydrogen-bond acceptors (Lipinski definition) is 9. The van der Waals surface area contributed by atoms with E-state index in [9.17, 15) is 9.59 Å². The molecule has 2 fully saturated rings. The number of carbonyl (C=O) groups excluding carboxylic acids is 1. The Morgan fingerprint density at radius 3 is 2.66 bits per heavy atom. The number of fused-ring (bicyclic) bond motifs is 2. The third-order valence-corrected chi connectivity index (χ3v) is 8.42. The molecule has 0 atom stereocenters. The maximum atomic E-state index is 13.7. The third kappa shape index (κ3) is 4.44. The van der Waals surface area contributed by atoms with Gasteiger partial charge in [0.1, 0.15) is 15.8 Å². The van der Waals surface area contributed by atoms with Gasteiger partial charge in [0.15, 0.2) is 11.5 Å². The Labute approximate surface area is 229 Å². The van der Waals surface area contributed by atoms with Crippen LogP contribution in [0.25, 0.3) is 11.7 Å².